The van der Waals surface area contributed by atoms with E-state index < -0.39 is 5.60 Å². The molecule has 3 atom stereocenters. The summed E-state index contributed by atoms with van der Waals surface area (Å²) in [6.07, 6.45) is 3.39. The quantitative estimate of drug-likeness (QED) is 0.771. The molecule has 2 fully saturated rings. The van der Waals surface area contributed by atoms with Gasteiger partial charge in [-0.05, 0) is 42.9 Å². The SMILES string of the molecule is CC12CCC(C1)C(C)(C)C2(O)c1ccc(Cl)c(Cl)c1. The minimum absolute atomic E-state index is 0.0572. The molecular weight excluding hydrogens is 279 g/mol. The molecule has 0 heterocycles. The summed E-state index contributed by atoms with van der Waals surface area (Å²) in [5, 5.41) is 12.6. The highest BCUT2D eigenvalue weighted by Gasteiger charge is 2.68. The molecule has 2 bridgehead atoms. The Labute approximate surface area is 124 Å². The molecule has 0 saturated heterocycles. The number of halogens is 2. The van der Waals surface area contributed by atoms with Gasteiger partial charge in [0.1, 0.15) is 5.60 Å². The summed E-state index contributed by atoms with van der Waals surface area (Å²) in [4.78, 5) is 0. The lowest BCUT2D eigenvalue weighted by Gasteiger charge is -2.51. The molecule has 2 aliphatic rings. The van der Waals surface area contributed by atoms with Gasteiger partial charge in [0.25, 0.3) is 0 Å². The van der Waals surface area contributed by atoms with Crippen molar-refractivity contribution in [3.63, 3.8) is 0 Å². The molecule has 1 aromatic carbocycles. The van der Waals surface area contributed by atoms with Crippen molar-refractivity contribution in [2.75, 3.05) is 0 Å². The van der Waals surface area contributed by atoms with Crippen molar-refractivity contribution in [1.29, 1.82) is 0 Å². The van der Waals surface area contributed by atoms with Crippen LogP contribution in [0.2, 0.25) is 10.0 Å². The number of hydrogen-bond donors (Lipinski definition) is 1. The average Bonchev–Trinajstić information content (AvgIpc) is 2.80. The molecule has 1 N–H and O–H groups in total. The third-order valence-corrected chi connectivity index (χ3v) is 6.64. The Kier molecular flexibility index (Phi) is 2.82. The van der Waals surface area contributed by atoms with Crippen molar-refractivity contribution < 1.29 is 5.11 Å². The molecule has 2 saturated carbocycles. The third-order valence-electron chi connectivity index (χ3n) is 5.91. The highest BCUT2D eigenvalue weighted by Crippen LogP contribution is 2.71. The predicted octanol–water partition coefficient (Wildman–Crippen LogP) is 5.03. The average molecular weight is 299 g/mol. The summed E-state index contributed by atoms with van der Waals surface area (Å²) in [6, 6.07) is 5.57. The highest BCUT2D eigenvalue weighted by molar-refractivity contribution is 6.42. The summed E-state index contributed by atoms with van der Waals surface area (Å²) < 4.78 is 0. The summed E-state index contributed by atoms with van der Waals surface area (Å²) in [5.41, 5.74) is -0.0938. The molecule has 0 radical (unpaired) electrons. The molecule has 3 rings (SSSR count). The fraction of sp³-hybridized carbons (Fsp3) is 0.625. The first kappa shape index (κ1) is 13.7. The number of rotatable bonds is 1. The van der Waals surface area contributed by atoms with E-state index in [2.05, 4.69) is 20.8 Å². The van der Waals surface area contributed by atoms with Crippen LogP contribution in [0.25, 0.3) is 0 Å². The first-order chi connectivity index (χ1) is 8.72. The number of fused-ring (bicyclic) bond motifs is 2. The van der Waals surface area contributed by atoms with Gasteiger partial charge in [0.05, 0.1) is 10.0 Å². The van der Waals surface area contributed by atoms with Crippen LogP contribution in [-0.2, 0) is 5.60 Å². The van der Waals surface area contributed by atoms with Crippen molar-refractivity contribution in [2.45, 2.75) is 45.6 Å². The zero-order valence-electron chi connectivity index (χ0n) is 11.6. The van der Waals surface area contributed by atoms with Crippen molar-refractivity contribution in [2.24, 2.45) is 16.7 Å². The van der Waals surface area contributed by atoms with Gasteiger partial charge in [-0.2, -0.15) is 0 Å². The van der Waals surface area contributed by atoms with Crippen molar-refractivity contribution in [1.82, 2.24) is 0 Å². The van der Waals surface area contributed by atoms with Gasteiger partial charge in [-0.25, -0.2) is 0 Å². The van der Waals surface area contributed by atoms with Crippen molar-refractivity contribution >= 4 is 23.2 Å². The Balaban J connectivity index is 2.18. The monoisotopic (exact) mass is 298 g/mol. The van der Waals surface area contributed by atoms with Gasteiger partial charge >= 0.3 is 0 Å². The smallest absolute Gasteiger partial charge is 0.100 e. The van der Waals surface area contributed by atoms with Crippen molar-refractivity contribution in [3.05, 3.63) is 33.8 Å². The maximum Gasteiger partial charge on any atom is 0.100 e. The second kappa shape index (κ2) is 3.90. The first-order valence-electron chi connectivity index (χ1n) is 6.90. The zero-order chi connectivity index (χ0) is 14.1. The fourth-order valence-corrected chi connectivity index (χ4v) is 5.00. The molecular formula is C16H20Cl2O. The van der Waals surface area contributed by atoms with Gasteiger partial charge in [0.2, 0.25) is 0 Å². The first-order valence-corrected chi connectivity index (χ1v) is 7.66. The summed E-state index contributed by atoms with van der Waals surface area (Å²) in [7, 11) is 0. The summed E-state index contributed by atoms with van der Waals surface area (Å²) in [5.74, 6) is 0.581. The molecule has 0 aromatic heterocycles. The van der Waals surface area contributed by atoms with Crippen LogP contribution in [0, 0.1) is 16.7 Å². The van der Waals surface area contributed by atoms with Gasteiger partial charge in [0.15, 0.2) is 0 Å². The maximum absolute atomic E-state index is 11.6. The molecule has 2 aliphatic carbocycles. The summed E-state index contributed by atoms with van der Waals surface area (Å²) in [6.45, 7) is 6.58. The fourth-order valence-electron chi connectivity index (χ4n) is 4.70. The van der Waals surface area contributed by atoms with Crippen LogP contribution >= 0.6 is 23.2 Å². The van der Waals surface area contributed by atoms with Crippen LogP contribution in [0.4, 0.5) is 0 Å². The molecule has 3 heteroatoms. The zero-order valence-corrected chi connectivity index (χ0v) is 13.1. The lowest BCUT2D eigenvalue weighted by atomic mass is 9.58. The van der Waals surface area contributed by atoms with Crippen LogP contribution in [0.5, 0.6) is 0 Å². The minimum Gasteiger partial charge on any atom is -0.384 e. The van der Waals surface area contributed by atoms with E-state index in [1.807, 2.05) is 12.1 Å². The van der Waals surface area contributed by atoms with Gasteiger partial charge in [-0.1, -0.05) is 50.0 Å². The van der Waals surface area contributed by atoms with Crippen LogP contribution < -0.4 is 0 Å². The van der Waals surface area contributed by atoms with Gasteiger partial charge < -0.3 is 5.11 Å². The Bertz CT molecular complexity index is 533. The maximum atomic E-state index is 11.6. The van der Waals surface area contributed by atoms with Gasteiger partial charge in [-0.15, -0.1) is 0 Å². The predicted molar refractivity (Wildman–Crippen MR) is 79.6 cm³/mol. The topological polar surface area (TPSA) is 20.2 Å². The molecule has 0 amide bonds. The van der Waals surface area contributed by atoms with Crippen LogP contribution in [0.3, 0.4) is 0 Å². The lowest BCUT2D eigenvalue weighted by Crippen LogP contribution is -2.51. The van der Waals surface area contributed by atoms with E-state index in [0.29, 0.717) is 16.0 Å². The standard InChI is InChI=1S/C16H20Cl2O/c1-14(2)11-6-7-15(3,9-11)16(14,19)10-4-5-12(17)13(18)8-10/h4-5,8,11,19H,6-7,9H2,1-3H3. The molecule has 19 heavy (non-hydrogen) atoms. The normalized spacial score (nSPS) is 39.8. The largest absolute Gasteiger partial charge is 0.384 e. The van der Waals surface area contributed by atoms with Gasteiger partial charge in [0, 0.05) is 10.8 Å². The van der Waals surface area contributed by atoms with E-state index in [-0.39, 0.29) is 10.8 Å². The van der Waals surface area contributed by atoms with E-state index >= 15 is 0 Å². The molecule has 104 valence electrons. The van der Waals surface area contributed by atoms with Crippen LogP contribution in [0.15, 0.2) is 18.2 Å². The molecule has 0 spiro atoms. The highest BCUT2D eigenvalue weighted by atomic mass is 35.5. The Hall–Kier alpha value is -0.240. The molecule has 3 unspecified atom stereocenters. The number of hydrogen-bond acceptors (Lipinski definition) is 1. The number of aliphatic hydroxyl groups is 1. The Morgan fingerprint density at radius 1 is 1.16 bits per heavy atom. The molecule has 1 aromatic rings. The Morgan fingerprint density at radius 3 is 2.37 bits per heavy atom. The van der Waals surface area contributed by atoms with E-state index in [0.717, 1.165) is 18.4 Å². The van der Waals surface area contributed by atoms with E-state index in [9.17, 15) is 5.11 Å². The molecule has 0 aliphatic heterocycles. The Morgan fingerprint density at radius 2 is 1.84 bits per heavy atom. The third kappa shape index (κ3) is 1.53. The minimum atomic E-state index is -0.822. The van der Waals surface area contributed by atoms with E-state index in [1.165, 1.54) is 6.42 Å². The summed E-state index contributed by atoms with van der Waals surface area (Å²) >= 11 is 12.2. The lowest BCUT2D eigenvalue weighted by molar-refractivity contribution is -0.150. The van der Waals surface area contributed by atoms with Crippen molar-refractivity contribution in [3.8, 4) is 0 Å². The van der Waals surface area contributed by atoms with Crippen LogP contribution in [0.1, 0.15) is 45.6 Å². The van der Waals surface area contributed by atoms with E-state index in [1.54, 1.807) is 6.07 Å². The van der Waals surface area contributed by atoms with Crippen LogP contribution in [-0.4, -0.2) is 5.11 Å². The molecule has 1 nitrogen and oxygen atoms in total. The second-order valence-electron chi connectivity index (χ2n) is 7.06. The van der Waals surface area contributed by atoms with E-state index in [4.69, 9.17) is 23.2 Å². The second-order valence-corrected chi connectivity index (χ2v) is 7.88. The van der Waals surface area contributed by atoms with Gasteiger partial charge in [-0.3, -0.25) is 0 Å². The number of benzene rings is 1.